The van der Waals surface area contributed by atoms with Crippen molar-refractivity contribution in [1.82, 2.24) is 4.90 Å². The zero-order valence-corrected chi connectivity index (χ0v) is 13.6. The Kier molecular flexibility index (Phi) is 6.86. The van der Waals surface area contributed by atoms with E-state index in [2.05, 4.69) is 19.2 Å². The maximum Gasteiger partial charge on any atom is 0.253 e. The van der Waals surface area contributed by atoms with Crippen LogP contribution in [0, 0.1) is 0 Å². The van der Waals surface area contributed by atoms with Crippen molar-refractivity contribution in [2.45, 2.75) is 45.6 Å². The Balaban J connectivity index is 2.92. The van der Waals surface area contributed by atoms with E-state index < -0.39 is 0 Å². The second-order valence-electron chi connectivity index (χ2n) is 5.31. The van der Waals surface area contributed by atoms with E-state index in [1.54, 1.807) is 31.1 Å². The Morgan fingerprint density at radius 1 is 1.25 bits per heavy atom. The molecule has 112 valence electrons. The Labute approximate surface area is 127 Å². The monoisotopic (exact) mass is 296 g/mol. The third-order valence-electron chi connectivity index (χ3n) is 3.25. The molecule has 3 nitrogen and oxygen atoms in total. The Morgan fingerprint density at radius 2 is 1.85 bits per heavy atom. The molecule has 0 aliphatic carbocycles. The highest BCUT2D eigenvalue weighted by Gasteiger charge is 2.13. The van der Waals surface area contributed by atoms with Crippen LogP contribution in [0.1, 0.15) is 49.9 Å². The molecule has 1 N–H and O–H groups in total. The number of amides is 1. The van der Waals surface area contributed by atoms with Crippen molar-refractivity contribution >= 4 is 23.2 Å². The zero-order valence-electron chi connectivity index (χ0n) is 12.9. The average Bonchev–Trinajstić information content (AvgIpc) is 2.41. The molecule has 0 saturated carbocycles. The maximum absolute atomic E-state index is 12.0. The first-order valence-corrected chi connectivity index (χ1v) is 7.65. The number of halogens is 1. The van der Waals surface area contributed by atoms with Crippen LogP contribution < -0.4 is 5.32 Å². The maximum atomic E-state index is 12.0. The predicted octanol–water partition coefficient (Wildman–Crippen LogP) is 4.42. The van der Waals surface area contributed by atoms with Gasteiger partial charge in [-0.25, -0.2) is 0 Å². The molecular weight excluding hydrogens is 272 g/mol. The Hall–Kier alpha value is -1.22. The van der Waals surface area contributed by atoms with Gasteiger partial charge in [-0.15, -0.1) is 0 Å². The first-order valence-electron chi connectivity index (χ1n) is 7.27. The standard InChI is InChI=1S/C16H25ClN2O/c1-5-7-13(8-6-2)18-15-11-12(9-10-14(15)17)16(20)19(3)4/h9-11,13,18H,5-8H2,1-4H3. The van der Waals surface area contributed by atoms with Gasteiger partial charge in [-0.1, -0.05) is 38.3 Å². The lowest BCUT2D eigenvalue weighted by Crippen LogP contribution is -2.23. The quantitative estimate of drug-likeness (QED) is 0.807. The molecule has 0 aliphatic heterocycles. The Bertz CT molecular complexity index is 440. The molecule has 20 heavy (non-hydrogen) atoms. The SMILES string of the molecule is CCCC(CCC)Nc1cc(C(=O)N(C)C)ccc1Cl. The van der Waals surface area contributed by atoms with Crippen molar-refractivity contribution in [3.8, 4) is 0 Å². The summed E-state index contributed by atoms with van der Waals surface area (Å²) in [4.78, 5) is 13.6. The molecule has 0 fully saturated rings. The lowest BCUT2D eigenvalue weighted by Gasteiger charge is -2.20. The average molecular weight is 297 g/mol. The second kappa shape index (κ2) is 8.15. The van der Waals surface area contributed by atoms with Gasteiger partial charge < -0.3 is 10.2 Å². The number of nitrogens with one attached hydrogen (secondary N) is 1. The summed E-state index contributed by atoms with van der Waals surface area (Å²) < 4.78 is 0. The van der Waals surface area contributed by atoms with Gasteiger partial charge in [0, 0.05) is 25.7 Å². The van der Waals surface area contributed by atoms with Crippen molar-refractivity contribution in [2.75, 3.05) is 19.4 Å². The van der Waals surface area contributed by atoms with Crippen molar-refractivity contribution in [2.24, 2.45) is 0 Å². The molecule has 0 unspecified atom stereocenters. The summed E-state index contributed by atoms with van der Waals surface area (Å²) in [5.41, 5.74) is 1.51. The highest BCUT2D eigenvalue weighted by atomic mass is 35.5. The summed E-state index contributed by atoms with van der Waals surface area (Å²) in [6, 6.07) is 5.82. The molecule has 4 heteroatoms. The number of nitrogens with zero attached hydrogens (tertiary/aromatic N) is 1. The fraction of sp³-hybridized carbons (Fsp3) is 0.562. The van der Waals surface area contributed by atoms with Crippen LogP contribution in [-0.2, 0) is 0 Å². The van der Waals surface area contributed by atoms with Crippen molar-refractivity contribution in [3.05, 3.63) is 28.8 Å². The molecule has 0 spiro atoms. The Morgan fingerprint density at radius 3 is 2.35 bits per heavy atom. The number of carbonyl (C=O) groups excluding carboxylic acids is 1. The van der Waals surface area contributed by atoms with E-state index in [1.165, 1.54) is 0 Å². The number of carbonyl (C=O) groups is 1. The third kappa shape index (κ3) is 4.71. The normalized spacial score (nSPS) is 10.7. The minimum atomic E-state index is -0.00718. The molecule has 1 rings (SSSR count). The predicted molar refractivity (Wildman–Crippen MR) is 86.7 cm³/mol. The van der Waals surface area contributed by atoms with Crippen LogP contribution in [0.2, 0.25) is 5.02 Å². The molecular formula is C16H25ClN2O. The van der Waals surface area contributed by atoms with Gasteiger partial charge >= 0.3 is 0 Å². The van der Waals surface area contributed by atoms with E-state index in [1.807, 2.05) is 6.07 Å². The molecule has 0 aromatic heterocycles. The van der Waals surface area contributed by atoms with Gasteiger partial charge in [0.05, 0.1) is 10.7 Å². The largest absolute Gasteiger partial charge is 0.381 e. The summed E-state index contributed by atoms with van der Waals surface area (Å²) in [6.45, 7) is 4.36. The molecule has 0 bridgehead atoms. The molecule has 0 saturated heterocycles. The first kappa shape index (κ1) is 16.8. The summed E-state index contributed by atoms with van der Waals surface area (Å²) in [5.74, 6) is -0.00718. The second-order valence-corrected chi connectivity index (χ2v) is 5.72. The van der Waals surface area contributed by atoms with Crippen molar-refractivity contribution in [1.29, 1.82) is 0 Å². The van der Waals surface area contributed by atoms with Crippen LogP contribution in [-0.4, -0.2) is 30.9 Å². The summed E-state index contributed by atoms with van der Waals surface area (Å²) >= 11 is 6.24. The van der Waals surface area contributed by atoms with Gasteiger partial charge in [0.1, 0.15) is 0 Å². The van der Waals surface area contributed by atoms with E-state index in [0.717, 1.165) is 31.4 Å². The van der Waals surface area contributed by atoms with Gasteiger partial charge in [0.2, 0.25) is 0 Å². The van der Waals surface area contributed by atoms with E-state index in [-0.39, 0.29) is 5.91 Å². The fourth-order valence-electron chi connectivity index (χ4n) is 2.23. The van der Waals surface area contributed by atoms with E-state index in [9.17, 15) is 4.79 Å². The lowest BCUT2D eigenvalue weighted by atomic mass is 10.1. The minimum absolute atomic E-state index is 0.00718. The lowest BCUT2D eigenvalue weighted by molar-refractivity contribution is 0.0827. The highest BCUT2D eigenvalue weighted by molar-refractivity contribution is 6.33. The van der Waals surface area contributed by atoms with E-state index in [4.69, 9.17) is 11.6 Å². The number of anilines is 1. The summed E-state index contributed by atoms with van der Waals surface area (Å²) in [6.07, 6.45) is 4.48. The number of hydrogen-bond donors (Lipinski definition) is 1. The molecule has 1 aromatic rings. The van der Waals surface area contributed by atoms with Crippen molar-refractivity contribution in [3.63, 3.8) is 0 Å². The van der Waals surface area contributed by atoms with Crippen LogP contribution in [0.15, 0.2) is 18.2 Å². The van der Waals surface area contributed by atoms with Gasteiger partial charge in [-0.3, -0.25) is 4.79 Å². The molecule has 1 amide bonds. The van der Waals surface area contributed by atoms with Crippen molar-refractivity contribution < 1.29 is 4.79 Å². The van der Waals surface area contributed by atoms with Crippen LogP contribution in [0.4, 0.5) is 5.69 Å². The molecule has 0 heterocycles. The van der Waals surface area contributed by atoms with Crippen LogP contribution in [0.5, 0.6) is 0 Å². The first-order chi connectivity index (χ1) is 9.49. The van der Waals surface area contributed by atoms with Gasteiger partial charge in [0.15, 0.2) is 0 Å². The molecule has 0 radical (unpaired) electrons. The number of hydrogen-bond acceptors (Lipinski definition) is 2. The smallest absolute Gasteiger partial charge is 0.253 e. The van der Waals surface area contributed by atoms with Gasteiger partial charge in [-0.05, 0) is 31.0 Å². The number of rotatable bonds is 7. The van der Waals surface area contributed by atoms with Crippen LogP contribution in [0.3, 0.4) is 0 Å². The van der Waals surface area contributed by atoms with Gasteiger partial charge in [-0.2, -0.15) is 0 Å². The number of benzene rings is 1. The van der Waals surface area contributed by atoms with Gasteiger partial charge in [0.25, 0.3) is 5.91 Å². The van der Waals surface area contributed by atoms with Crippen LogP contribution >= 0.6 is 11.6 Å². The summed E-state index contributed by atoms with van der Waals surface area (Å²) in [7, 11) is 3.50. The van der Waals surface area contributed by atoms with Crippen LogP contribution in [0.25, 0.3) is 0 Å². The van der Waals surface area contributed by atoms with E-state index in [0.29, 0.717) is 16.6 Å². The highest BCUT2D eigenvalue weighted by Crippen LogP contribution is 2.25. The minimum Gasteiger partial charge on any atom is -0.381 e. The molecule has 0 atom stereocenters. The summed E-state index contributed by atoms with van der Waals surface area (Å²) in [5, 5.41) is 4.15. The fourth-order valence-corrected chi connectivity index (χ4v) is 2.40. The van der Waals surface area contributed by atoms with E-state index >= 15 is 0 Å². The topological polar surface area (TPSA) is 32.3 Å². The molecule has 1 aromatic carbocycles. The molecule has 0 aliphatic rings. The zero-order chi connectivity index (χ0) is 15.1. The third-order valence-corrected chi connectivity index (χ3v) is 3.58.